The van der Waals surface area contributed by atoms with E-state index in [1.807, 2.05) is 12.1 Å². The average Bonchev–Trinajstić information content (AvgIpc) is 3.24. The van der Waals surface area contributed by atoms with Crippen molar-refractivity contribution in [2.24, 2.45) is 0 Å². The second kappa shape index (κ2) is 9.04. The van der Waals surface area contributed by atoms with E-state index in [0.717, 1.165) is 29.2 Å². The minimum absolute atomic E-state index is 0.213. The molecule has 1 atom stereocenters. The van der Waals surface area contributed by atoms with E-state index in [4.69, 9.17) is 16.6 Å². The first-order valence-corrected chi connectivity index (χ1v) is 13.8. The summed E-state index contributed by atoms with van der Waals surface area (Å²) in [6.07, 6.45) is 7.27. The number of hydrogen-bond donors (Lipinski definition) is 3. The van der Waals surface area contributed by atoms with Crippen molar-refractivity contribution in [3.05, 3.63) is 80.8 Å². The number of rotatable bonds is 6. The standard InChI is InChI=1S/C25H28ClN2O2PS/c1-25(20-9-6-16-4-2-3-5-18(16)12-20)13-19(14-25)22-15-32-24(27-22)28-23(31(29)30)17-7-10-21(26)11-8-17/h6-12,15,19,23,29-30H,2-5,13-14H2,1H3,(H,27,28). The molecule has 7 heteroatoms. The van der Waals surface area contributed by atoms with E-state index >= 15 is 0 Å². The lowest BCUT2D eigenvalue weighted by atomic mass is 9.59. The van der Waals surface area contributed by atoms with E-state index in [0.29, 0.717) is 10.9 Å². The van der Waals surface area contributed by atoms with Gasteiger partial charge in [-0.1, -0.05) is 48.9 Å². The molecule has 2 aromatic carbocycles. The van der Waals surface area contributed by atoms with Crippen LogP contribution in [0.5, 0.6) is 0 Å². The van der Waals surface area contributed by atoms with E-state index in [2.05, 4.69) is 35.8 Å². The van der Waals surface area contributed by atoms with Crippen molar-refractivity contribution >= 4 is 36.4 Å². The molecule has 0 amide bonds. The van der Waals surface area contributed by atoms with Gasteiger partial charge in [-0.3, -0.25) is 0 Å². The third kappa shape index (κ3) is 4.47. The highest BCUT2D eigenvalue weighted by atomic mass is 35.5. The molecule has 32 heavy (non-hydrogen) atoms. The lowest BCUT2D eigenvalue weighted by Gasteiger charge is -2.45. The molecule has 2 aliphatic rings. The quantitative estimate of drug-likeness (QED) is 0.331. The average molecular weight is 487 g/mol. The molecule has 1 aromatic heterocycles. The molecule has 0 radical (unpaired) electrons. The number of aryl methyl sites for hydroxylation is 2. The summed E-state index contributed by atoms with van der Waals surface area (Å²) in [5.41, 5.74) is 6.66. The summed E-state index contributed by atoms with van der Waals surface area (Å²) in [4.78, 5) is 24.7. The summed E-state index contributed by atoms with van der Waals surface area (Å²) in [5.74, 6) is -0.148. The summed E-state index contributed by atoms with van der Waals surface area (Å²) >= 11 is 7.49. The largest absolute Gasteiger partial charge is 0.348 e. The van der Waals surface area contributed by atoms with E-state index in [9.17, 15) is 9.79 Å². The highest BCUT2D eigenvalue weighted by Gasteiger charge is 2.43. The Labute approximate surface area is 199 Å². The van der Waals surface area contributed by atoms with Gasteiger partial charge in [0.25, 0.3) is 0 Å². The monoisotopic (exact) mass is 486 g/mol. The van der Waals surface area contributed by atoms with E-state index in [1.165, 1.54) is 48.1 Å². The fourth-order valence-electron chi connectivity index (χ4n) is 5.16. The van der Waals surface area contributed by atoms with Crippen LogP contribution in [0.15, 0.2) is 47.8 Å². The van der Waals surface area contributed by atoms with E-state index in [1.54, 1.807) is 17.7 Å². The number of halogens is 1. The molecule has 0 spiro atoms. The highest BCUT2D eigenvalue weighted by molar-refractivity contribution is 7.45. The minimum Gasteiger partial charge on any atom is -0.348 e. The first-order chi connectivity index (χ1) is 15.4. The summed E-state index contributed by atoms with van der Waals surface area (Å²) < 4.78 is 0. The zero-order valence-electron chi connectivity index (χ0n) is 18.1. The lowest BCUT2D eigenvalue weighted by molar-refractivity contribution is 0.221. The second-order valence-electron chi connectivity index (χ2n) is 9.35. The number of fused-ring (bicyclic) bond motifs is 1. The Hall–Kier alpha value is -1.49. The number of nitrogens with zero attached hydrogens (tertiary/aromatic N) is 1. The van der Waals surface area contributed by atoms with Gasteiger partial charge in [0.1, 0.15) is 5.78 Å². The van der Waals surface area contributed by atoms with Crippen LogP contribution in [0.1, 0.15) is 72.3 Å². The first kappa shape index (κ1) is 22.3. The molecular weight excluding hydrogens is 459 g/mol. The van der Waals surface area contributed by atoms with Gasteiger partial charge < -0.3 is 15.1 Å². The van der Waals surface area contributed by atoms with Gasteiger partial charge in [-0.05, 0) is 78.3 Å². The molecule has 3 N–H and O–H groups in total. The maximum atomic E-state index is 9.95. The predicted molar refractivity (Wildman–Crippen MR) is 134 cm³/mol. The molecule has 168 valence electrons. The Bertz CT molecular complexity index is 1100. The number of hydrogen-bond acceptors (Lipinski definition) is 5. The fraction of sp³-hybridized carbons (Fsp3) is 0.400. The first-order valence-electron chi connectivity index (χ1n) is 11.2. The molecule has 1 fully saturated rings. The van der Waals surface area contributed by atoms with E-state index in [-0.39, 0.29) is 5.41 Å². The molecule has 5 rings (SSSR count). The summed E-state index contributed by atoms with van der Waals surface area (Å²) in [6, 6.07) is 14.3. The van der Waals surface area contributed by atoms with Crippen molar-refractivity contribution in [3.8, 4) is 0 Å². The van der Waals surface area contributed by atoms with Crippen LogP contribution in [0.4, 0.5) is 5.13 Å². The Kier molecular flexibility index (Phi) is 6.30. The summed E-state index contributed by atoms with van der Waals surface area (Å²) in [7, 11) is -2.21. The van der Waals surface area contributed by atoms with Crippen molar-refractivity contribution < 1.29 is 9.79 Å². The Morgan fingerprint density at radius 3 is 2.53 bits per heavy atom. The molecule has 3 aromatic rings. The minimum atomic E-state index is -2.21. The van der Waals surface area contributed by atoms with Crippen molar-refractivity contribution in [1.82, 2.24) is 4.98 Å². The molecule has 0 aliphatic heterocycles. The van der Waals surface area contributed by atoms with Crippen LogP contribution in [0.25, 0.3) is 0 Å². The van der Waals surface area contributed by atoms with Gasteiger partial charge in [-0.2, -0.15) is 0 Å². The number of thiazole rings is 1. The van der Waals surface area contributed by atoms with Crippen LogP contribution in [0.3, 0.4) is 0 Å². The van der Waals surface area contributed by atoms with Gasteiger partial charge in [0.2, 0.25) is 0 Å². The Balaban J connectivity index is 1.26. The molecule has 0 bridgehead atoms. The maximum absolute atomic E-state index is 9.95. The summed E-state index contributed by atoms with van der Waals surface area (Å²) in [5, 5.41) is 6.67. The van der Waals surface area contributed by atoms with Gasteiger partial charge in [-0.25, -0.2) is 4.98 Å². The number of benzene rings is 2. The molecule has 4 nitrogen and oxygen atoms in total. The van der Waals surface area contributed by atoms with E-state index < -0.39 is 14.2 Å². The normalized spacial score (nSPS) is 23.5. The molecule has 1 heterocycles. The third-order valence-electron chi connectivity index (χ3n) is 7.06. The van der Waals surface area contributed by atoms with Crippen LogP contribution < -0.4 is 5.32 Å². The van der Waals surface area contributed by atoms with Gasteiger partial charge in [0.05, 0.1) is 5.69 Å². The van der Waals surface area contributed by atoms with Crippen molar-refractivity contribution in [2.45, 2.75) is 62.6 Å². The molecule has 1 unspecified atom stereocenters. The lowest BCUT2D eigenvalue weighted by Crippen LogP contribution is -2.37. The number of aromatic nitrogens is 1. The van der Waals surface area contributed by atoms with Crippen molar-refractivity contribution in [1.29, 1.82) is 0 Å². The van der Waals surface area contributed by atoms with Crippen LogP contribution in [0.2, 0.25) is 5.02 Å². The van der Waals surface area contributed by atoms with Gasteiger partial charge in [-0.15, -0.1) is 11.3 Å². The maximum Gasteiger partial charge on any atom is 0.194 e. The number of nitrogens with one attached hydrogen (secondary N) is 1. The van der Waals surface area contributed by atoms with Crippen LogP contribution in [-0.2, 0) is 18.3 Å². The van der Waals surface area contributed by atoms with Gasteiger partial charge in [0.15, 0.2) is 13.5 Å². The second-order valence-corrected chi connectivity index (χ2v) is 11.8. The van der Waals surface area contributed by atoms with Crippen molar-refractivity contribution in [2.75, 3.05) is 5.32 Å². The smallest absolute Gasteiger partial charge is 0.194 e. The van der Waals surface area contributed by atoms with Gasteiger partial charge in [0, 0.05) is 16.3 Å². The zero-order valence-corrected chi connectivity index (χ0v) is 20.6. The van der Waals surface area contributed by atoms with Crippen LogP contribution in [-0.4, -0.2) is 14.8 Å². The topological polar surface area (TPSA) is 65.4 Å². The molecule has 2 aliphatic carbocycles. The summed E-state index contributed by atoms with van der Waals surface area (Å²) in [6.45, 7) is 2.38. The zero-order chi connectivity index (χ0) is 22.3. The van der Waals surface area contributed by atoms with Crippen LogP contribution in [0, 0.1) is 0 Å². The SMILES string of the molecule is CC1(c2ccc3c(c2)CCCC3)CC(c2csc(NC(c3ccc(Cl)cc3)P(O)O)n2)C1. The predicted octanol–water partition coefficient (Wildman–Crippen LogP) is 6.92. The van der Waals surface area contributed by atoms with Crippen molar-refractivity contribution in [3.63, 3.8) is 0 Å². The molecule has 1 saturated carbocycles. The Morgan fingerprint density at radius 2 is 1.81 bits per heavy atom. The fourth-order valence-corrected chi connectivity index (χ4v) is 6.87. The number of anilines is 1. The molecular formula is C25H28ClN2O2PS. The highest BCUT2D eigenvalue weighted by Crippen LogP contribution is 2.53. The Morgan fingerprint density at radius 1 is 1.09 bits per heavy atom. The molecule has 0 saturated heterocycles. The third-order valence-corrected chi connectivity index (χ3v) is 8.99. The van der Waals surface area contributed by atoms with Crippen LogP contribution >= 0.6 is 31.3 Å². The van der Waals surface area contributed by atoms with Gasteiger partial charge >= 0.3 is 0 Å².